The summed E-state index contributed by atoms with van der Waals surface area (Å²) in [7, 11) is -0.564. The Labute approximate surface area is 116 Å². The van der Waals surface area contributed by atoms with Gasteiger partial charge in [-0.2, -0.15) is 0 Å². The maximum Gasteiger partial charge on any atom is 0.0353 e. The molecule has 18 heavy (non-hydrogen) atoms. The summed E-state index contributed by atoms with van der Waals surface area (Å²) < 4.78 is 12.8. The van der Waals surface area contributed by atoms with E-state index in [1.165, 1.54) is 38.5 Å². The Bertz CT molecular complexity index is 273. The van der Waals surface area contributed by atoms with Crippen LogP contribution in [0.4, 0.5) is 0 Å². The molecule has 0 aromatic carbocycles. The molecule has 0 aromatic heterocycles. The largest absolute Gasteiger partial charge is 0.259 e. The minimum atomic E-state index is -0.564. The van der Waals surface area contributed by atoms with Crippen molar-refractivity contribution in [1.29, 1.82) is 0 Å². The first kappa shape index (κ1) is 14.6. The van der Waals surface area contributed by atoms with Crippen LogP contribution < -0.4 is 0 Å². The summed E-state index contributed by atoms with van der Waals surface area (Å²) in [5, 5.41) is 1.00. The fraction of sp³-hybridized carbons (Fsp3) is 1.00. The van der Waals surface area contributed by atoms with E-state index in [4.69, 9.17) is 0 Å². The van der Waals surface area contributed by atoms with Crippen molar-refractivity contribution >= 4 is 10.8 Å². The van der Waals surface area contributed by atoms with Crippen LogP contribution >= 0.6 is 0 Å². The summed E-state index contributed by atoms with van der Waals surface area (Å²) in [6, 6.07) is 0. The molecule has 2 aliphatic rings. The Kier molecular flexibility index (Phi) is 4.91. The smallest absolute Gasteiger partial charge is 0.0353 e. The van der Waals surface area contributed by atoms with Crippen LogP contribution in [-0.4, -0.2) is 14.7 Å². The zero-order chi connectivity index (χ0) is 13.3. The monoisotopic (exact) mass is 270 g/mol. The van der Waals surface area contributed by atoms with E-state index in [1.54, 1.807) is 0 Å². The molecule has 6 unspecified atom stereocenters. The molecule has 106 valence electrons. The van der Waals surface area contributed by atoms with Crippen molar-refractivity contribution in [3.8, 4) is 0 Å². The Morgan fingerprint density at radius 3 is 1.39 bits per heavy atom. The molecule has 1 nitrogen and oxygen atoms in total. The molecule has 2 rings (SSSR count). The summed E-state index contributed by atoms with van der Waals surface area (Å²) >= 11 is 0. The molecule has 2 aliphatic carbocycles. The highest BCUT2D eigenvalue weighted by Crippen LogP contribution is 2.37. The highest BCUT2D eigenvalue weighted by molar-refractivity contribution is 7.86. The van der Waals surface area contributed by atoms with E-state index in [9.17, 15) is 4.21 Å². The van der Waals surface area contributed by atoms with Gasteiger partial charge in [0, 0.05) is 21.3 Å². The maximum atomic E-state index is 12.8. The van der Waals surface area contributed by atoms with Crippen molar-refractivity contribution < 1.29 is 4.21 Å². The van der Waals surface area contributed by atoms with E-state index in [1.807, 2.05) is 0 Å². The number of rotatable bonds is 2. The molecule has 0 aliphatic heterocycles. The first-order valence-corrected chi connectivity index (χ1v) is 9.16. The van der Waals surface area contributed by atoms with Crippen molar-refractivity contribution in [2.75, 3.05) is 0 Å². The SMILES string of the molecule is CC1CCC(S(=O)C2CCC(C)C(C)C2)CC1C. The predicted molar refractivity (Wildman–Crippen MR) is 80.1 cm³/mol. The van der Waals surface area contributed by atoms with Crippen molar-refractivity contribution in [2.45, 2.75) is 76.7 Å². The van der Waals surface area contributed by atoms with Crippen LogP contribution in [0.5, 0.6) is 0 Å². The van der Waals surface area contributed by atoms with Gasteiger partial charge in [-0.05, 0) is 62.2 Å². The molecule has 0 saturated heterocycles. The standard InChI is InChI=1S/C16H30OS/c1-11-5-7-15(9-13(11)3)18(17)16-8-6-12(2)14(4)10-16/h11-16H,5-10H2,1-4H3. The molecular formula is C16H30OS. The molecule has 2 saturated carbocycles. The topological polar surface area (TPSA) is 17.1 Å². The normalized spacial score (nSPS) is 47.8. The molecule has 0 amide bonds. The zero-order valence-corrected chi connectivity index (χ0v) is 13.3. The molecule has 0 bridgehead atoms. The van der Waals surface area contributed by atoms with Gasteiger partial charge in [0.25, 0.3) is 0 Å². The maximum absolute atomic E-state index is 12.8. The highest BCUT2D eigenvalue weighted by Gasteiger charge is 2.35. The fourth-order valence-electron chi connectivity index (χ4n) is 3.69. The molecule has 0 heterocycles. The third-order valence-corrected chi connectivity index (χ3v) is 7.93. The lowest BCUT2D eigenvalue weighted by molar-refractivity contribution is 0.269. The summed E-state index contributed by atoms with van der Waals surface area (Å²) in [6.45, 7) is 9.40. The number of hydrogen-bond donors (Lipinski definition) is 0. The van der Waals surface area contributed by atoms with Crippen molar-refractivity contribution in [1.82, 2.24) is 0 Å². The predicted octanol–water partition coefficient (Wildman–Crippen LogP) is 4.38. The average Bonchev–Trinajstić information content (AvgIpc) is 2.35. The van der Waals surface area contributed by atoms with Crippen LogP contribution in [0.1, 0.15) is 66.2 Å². The van der Waals surface area contributed by atoms with Gasteiger partial charge in [-0.15, -0.1) is 0 Å². The first-order valence-electron chi connectivity index (χ1n) is 7.88. The van der Waals surface area contributed by atoms with E-state index >= 15 is 0 Å². The zero-order valence-electron chi connectivity index (χ0n) is 12.5. The van der Waals surface area contributed by atoms with E-state index in [2.05, 4.69) is 27.7 Å². The molecule has 0 spiro atoms. The minimum Gasteiger partial charge on any atom is -0.259 e. The van der Waals surface area contributed by atoms with Crippen LogP contribution in [-0.2, 0) is 10.8 Å². The third kappa shape index (κ3) is 3.18. The lowest BCUT2D eigenvalue weighted by Crippen LogP contribution is -2.36. The van der Waals surface area contributed by atoms with Gasteiger partial charge in [0.1, 0.15) is 0 Å². The van der Waals surface area contributed by atoms with Gasteiger partial charge in [0.2, 0.25) is 0 Å². The van der Waals surface area contributed by atoms with Gasteiger partial charge in [0.05, 0.1) is 0 Å². The second kappa shape index (κ2) is 6.07. The fourth-order valence-corrected chi connectivity index (χ4v) is 5.96. The van der Waals surface area contributed by atoms with Crippen molar-refractivity contribution in [2.24, 2.45) is 23.7 Å². The van der Waals surface area contributed by atoms with E-state index in [0.717, 1.165) is 23.7 Å². The summed E-state index contributed by atoms with van der Waals surface area (Å²) in [5.74, 6) is 3.22. The molecule has 2 fully saturated rings. The Morgan fingerprint density at radius 2 is 1.06 bits per heavy atom. The minimum absolute atomic E-state index is 0.502. The second-order valence-electron chi connectivity index (χ2n) is 7.11. The van der Waals surface area contributed by atoms with E-state index < -0.39 is 10.8 Å². The van der Waals surface area contributed by atoms with E-state index in [0.29, 0.717) is 10.5 Å². The van der Waals surface area contributed by atoms with Gasteiger partial charge in [-0.25, -0.2) is 0 Å². The van der Waals surface area contributed by atoms with Crippen LogP contribution in [0.2, 0.25) is 0 Å². The van der Waals surface area contributed by atoms with Crippen LogP contribution in [0.15, 0.2) is 0 Å². The Hall–Kier alpha value is 0.150. The molecule has 6 atom stereocenters. The van der Waals surface area contributed by atoms with Crippen LogP contribution in [0.25, 0.3) is 0 Å². The molecule has 0 aromatic rings. The van der Waals surface area contributed by atoms with Gasteiger partial charge in [0.15, 0.2) is 0 Å². The van der Waals surface area contributed by atoms with E-state index in [-0.39, 0.29) is 0 Å². The lowest BCUT2D eigenvalue weighted by atomic mass is 9.81. The molecule has 0 N–H and O–H groups in total. The molecule has 2 heteroatoms. The summed E-state index contributed by atoms with van der Waals surface area (Å²) in [6.07, 6.45) is 7.39. The average molecular weight is 270 g/mol. The van der Waals surface area contributed by atoms with Crippen molar-refractivity contribution in [3.63, 3.8) is 0 Å². The quantitative estimate of drug-likeness (QED) is 0.727. The van der Waals surface area contributed by atoms with Crippen LogP contribution in [0, 0.1) is 23.7 Å². The van der Waals surface area contributed by atoms with Gasteiger partial charge in [-0.1, -0.05) is 27.7 Å². The summed E-state index contributed by atoms with van der Waals surface area (Å²) in [5.41, 5.74) is 0. The Balaban J connectivity index is 1.91. The third-order valence-electron chi connectivity index (χ3n) is 5.76. The van der Waals surface area contributed by atoms with Crippen molar-refractivity contribution in [3.05, 3.63) is 0 Å². The van der Waals surface area contributed by atoms with Gasteiger partial charge < -0.3 is 0 Å². The molecule has 0 radical (unpaired) electrons. The number of hydrogen-bond acceptors (Lipinski definition) is 1. The first-order chi connectivity index (χ1) is 8.49. The Morgan fingerprint density at radius 1 is 0.667 bits per heavy atom. The highest BCUT2D eigenvalue weighted by atomic mass is 32.2. The second-order valence-corrected chi connectivity index (χ2v) is 9.10. The summed E-state index contributed by atoms with van der Waals surface area (Å²) in [4.78, 5) is 0. The van der Waals surface area contributed by atoms with Gasteiger partial charge >= 0.3 is 0 Å². The van der Waals surface area contributed by atoms with Crippen LogP contribution in [0.3, 0.4) is 0 Å². The lowest BCUT2D eigenvalue weighted by Gasteiger charge is -2.37. The molecular weight excluding hydrogens is 240 g/mol. The van der Waals surface area contributed by atoms with Gasteiger partial charge in [-0.3, -0.25) is 4.21 Å².